The van der Waals surface area contributed by atoms with Gasteiger partial charge in [-0.25, -0.2) is 0 Å². The fraction of sp³-hybridized carbons (Fsp3) is 0.684. The van der Waals surface area contributed by atoms with Crippen LogP contribution in [0, 0.1) is 18.3 Å². The van der Waals surface area contributed by atoms with Crippen molar-refractivity contribution in [1.82, 2.24) is 5.32 Å². The van der Waals surface area contributed by atoms with E-state index in [0.29, 0.717) is 11.5 Å². The van der Waals surface area contributed by atoms with E-state index in [1.165, 1.54) is 30.5 Å². The van der Waals surface area contributed by atoms with Crippen LogP contribution in [0.5, 0.6) is 0 Å². The van der Waals surface area contributed by atoms with Crippen molar-refractivity contribution in [2.45, 2.75) is 53.0 Å². The minimum atomic E-state index is 0.490. The van der Waals surface area contributed by atoms with Crippen molar-refractivity contribution < 1.29 is 0 Å². The maximum Gasteiger partial charge on any atom is 0.0366 e. The highest BCUT2D eigenvalue weighted by Gasteiger charge is 2.34. The fourth-order valence-corrected chi connectivity index (χ4v) is 3.78. The van der Waals surface area contributed by atoms with Crippen molar-refractivity contribution in [2.75, 3.05) is 25.0 Å². The average Bonchev–Trinajstić information content (AvgIpc) is 2.41. The molecule has 1 aliphatic carbocycles. The van der Waals surface area contributed by atoms with Gasteiger partial charge in [0.05, 0.1) is 0 Å². The Balaban J connectivity index is 2.06. The van der Waals surface area contributed by atoms with Crippen molar-refractivity contribution in [3.63, 3.8) is 0 Å². The molecule has 0 spiro atoms. The minimum Gasteiger partial charge on any atom is -0.374 e. The summed E-state index contributed by atoms with van der Waals surface area (Å²) >= 11 is 0. The maximum atomic E-state index is 3.71. The molecule has 2 unspecified atom stereocenters. The standard InChI is InChI=1S/C19H32N2/c1-6-20-18-10-11-19(3,4)13-16(18)14-21(5)17-9-7-8-15(2)12-17/h7-9,12,16,18,20H,6,10-11,13-14H2,1-5H3. The molecule has 2 nitrogen and oxygen atoms in total. The SMILES string of the molecule is CCNC1CCC(C)(C)CC1CN(C)c1cccc(C)c1. The van der Waals surface area contributed by atoms with Gasteiger partial charge in [-0.3, -0.25) is 0 Å². The quantitative estimate of drug-likeness (QED) is 0.872. The van der Waals surface area contributed by atoms with Crippen LogP contribution in [-0.2, 0) is 0 Å². The molecular formula is C19H32N2. The lowest BCUT2D eigenvalue weighted by atomic mass is 9.69. The van der Waals surface area contributed by atoms with E-state index in [9.17, 15) is 0 Å². The number of hydrogen-bond acceptors (Lipinski definition) is 2. The van der Waals surface area contributed by atoms with Crippen LogP contribution in [0.1, 0.15) is 45.6 Å². The number of nitrogens with one attached hydrogen (secondary N) is 1. The van der Waals surface area contributed by atoms with Crippen LogP contribution in [0.25, 0.3) is 0 Å². The third-order valence-electron chi connectivity index (χ3n) is 4.93. The zero-order valence-electron chi connectivity index (χ0n) is 14.4. The van der Waals surface area contributed by atoms with E-state index >= 15 is 0 Å². The number of benzene rings is 1. The van der Waals surface area contributed by atoms with Gasteiger partial charge in [0.15, 0.2) is 0 Å². The summed E-state index contributed by atoms with van der Waals surface area (Å²) < 4.78 is 0. The fourth-order valence-electron chi connectivity index (χ4n) is 3.78. The zero-order chi connectivity index (χ0) is 15.5. The van der Waals surface area contributed by atoms with E-state index in [0.717, 1.165) is 19.0 Å². The molecule has 1 aromatic rings. The van der Waals surface area contributed by atoms with Crippen LogP contribution < -0.4 is 10.2 Å². The Morgan fingerprint density at radius 3 is 2.76 bits per heavy atom. The lowest BCUT2D eigenvalue weighted by Gasteiger charge is -2.43. The van der Waals surface area contributed by atoms with Crippen LogP contribution >= 0.6 is 0 Å². The topological polar surface area (TPSA) is 15.3 Å². The molecule has 1 aromatic carbocycles. The number of aryl methyl sites for hydroxylation is 1. The van der Waals surface area contributed by atoms with E-state index < -0.39 is 0 Å². The highest BCUT2D eigenvalue weighted by atomic mass is 15.1. The van der Waals surface area contributed by atoms with Crippen LogP contribution in [0.4, 0.5) is 5.69 Å². The monoisotopic (exact) mass is 288 g/mol. The molecule has 2 rings (SSSR count). The van der Waals surface area contributed by atoms with E-state index in [1.54, 1.807) is 0 Å². The molecule has 0 aliphatic heterocycles. The van der Waals surface area contributed by atoms with Gasteiger partial charge in [-0.15, -0.1) is 0 Å². The number of hydrogen-bond donors (Lipinski definition) is 1. The molecule has 1 aliphatic rings. The normalized spacial score (nSPS) is 24.8. The average molecular weight is 288 g/mol. The third-order valence-corrected chi connectivity index (χ3v) is 4.93. The summed E-state index contributed by atoms with van der Waals surface area (Å²) in [5, 5.41) is 3.71. The summed E-state index contributed by atoms with van der Waals surface area (Å²) in [6.45, 7) is 11.5. The molecule has 1 N–H and O–H groups in total. The van der Waals surface area contributed by atoms with Gasteiger partial charge in [0, 0.05) is 25.3 Å². The van der Waals surface area contributed by atoms with Crippen molar-refractivity contribution in [3.05, 3.63) is 29.8 Å². The lowest BCUT2D eigenvalue weighted by Crippen LogP contribution is -2.47. The highest BCUT2D eigenvalue weighted by molar-refractivity contribution is 5.47. The van der Waals surface area contributed by atoms with Crippen LogP contribution in [0.2, 0.25) is 0 Å². The van der Waals surface area contributed by atoms with Crippen molar-refractivity contribution >= 4 is 5.69 Å². The number of rotatable bonds is 5. The van der Waals surface area contributed by atoms with E-state index in [2.05, 4.69) is 69.2 Å². The summed E-state index contributed by atoms with van der Waals surface area (Å²) in [6.07, 6.45) is 3.98. The Morgan fingerprint density at radius 1 is 1.33 bits per heavy atom. The Hall–Kier alpha value is -1.02. The summed E-state index contributed by atoms with van der Waals surface area (Å²) in [7, 11) is 2.24. The zero-order valence-corrected chi connectivity index (χ0v) is 14.4. The summed E-state index contributed by atoms with van der Waals surface area (Å²) in [6, 6.07) is 9.52. The van der Waals surface area contributed by atoms with Gasteiger partial charge in [-0.2, -0.15) is 0 Å². The molecule has 118 valence electrons. The Kier molecular flexibility index (Phi) is 5.32. The van der Waals surface area contributed by atoms with Gasteiger partial charge in [-0.05, 0) is 61.8 Å². The van der Waals surface area contributed by atoms with E-state index in [-0.39, 0.29) is 0 Å². The second-order valence-corrected chi connectivity index (χ2v) is 7.55. The van der Waals surface area contributed by atoms with Crippen LogP contribution in [0.15, 0.2) is 24.3 Å². The molecule has 1 fully saturated rings. The van der Waals surface area contributed by atoms with Gasteiger partial charge in [0.2, 0.25) is 0 Å². The van der Waals surface area contributed by atoms with Crippen LogP contribution in [0.3, 0.4) is 0 Å². The van der Waals surface area contributed by atoms with Gasteiger partial charge in [0.1, 0.15) is 0 Å². The second kappa shape index (κ2) is 6.83. The molecular weight excluding hydrogens is 256 g/mol. The van der Waals surface area contributed by atoms with Crippen molar-refractivity contribution in [2.24, 2.45) is 11.3 Å². The molecule has 0 saturated heterocycles. The molecule has 0 heterocycles. The molecule has 21 heavy (non-hydrogen) atoms. The molecule has 0 radical (unpaired) electrons. The summed E-state index contributed by atoms with van der Waals surface area (Å²) in [5.41, 5.74) is 3.17. The van der Waals surface area contributed by atoms with Gasteiger partial charge < -0.3 is 10.2 Å². The van der Waals surface area contributed by atoms with Crippen molar-refractivity contribution in [1.29, 1.82) is 0 Å². The third kappa shape index (κ3) is 4.47. The van der Waals surface area contributed by atoms with Gasteiger partial charge in [-0.1, -0.05) is 32.9 Å². The predicted octanol–water partition coefficient (Wildman–Crippen LogP) is 4.24. The molecule has 2 heteroatoms. The molecule has 0 aromatic heterocycles. The smallest absolute Gasteiger partial charge is 0.0366 e. The van der Waals surface area contributed by atoms with E-state index in [1.807, 2.05) is 0 Å². The highest BCUT2D eigenvalue weighted by Crippen LogP contribution is 2.39. The summed E-state index contributed by atoms with van der Waals surface area (Å²) in [4.78, 5) is 2.43. The van der Waals surface area contributed by atoms with Gasteiger partial charge in [0.25, 0.3) is 0 Å². The molecule has 0 amide bonds. The van der Waals surface area contributed by atoms with E-state index in [4.69, 9.17) is 0 Å². The first-order chi connectivity index (χ1) is 9.91. The Bertz CT molecular complexity index is 453. The van der Waals surface area contributed by atoms with Crippen LogP contribution in [-0.4, -0.2) is 26.2 Å². The second-order valence-electron chi connectivity index (χ2n) is 7.55. The van der Waals surface area contributed by atoms with Crippen molar-refractivity contribution in [3.8, 4) is 0 Å². The first-order valence-electron chi connectivity index (χ1n) is 8.42. The largest absolute Gasteiger partial charge is 0.374 e. The molecule has 0 bridgehead atoms. The number of nitrogens with zero attached hydrogens (tertiary/aromatic N) is 1. The first kappa shape index (κ1) is 16.4. The molecule has 2 atom stereocenters. The predicted molar refractivity (Wildman–Crippen MR) is 93.0 cm³/mol. The summed E-state index contributed by atoms with van der Waals surface area (Å²) in [5.74, 6) is 0.735. The first-order valence-corrected chi connectivity index (χ1v) is 8.42. The minimum absolute atomic E-state index is 0.490. The van der Waals surface area contributed by atoms with Gasteiger partial charge >= 0.3 is 0 Å². The molecule has 1 saturated carbocycles. The maximum absolute atomic E-state index is 3.71. The lowest BCUT2D eigenvalue weighted by molar-refractivity contribution is 0.143. The Labute approximate surface area is 130 Å². The number of anilines is 1. The Morgan fingerprint density at radius 2 is 2.10 bits per heavy atom.